The fourth-order valence-corrected chi connectivity index (χ4v) is 4.60. The van der Waals surface area contributed by atoms with Crippen LogP contribution in [0.4, 0.5) is 0 Å². The predicted octanol–water partition coefficient (Wildman–Crippen LogP) is 3.58. The molecule has 1 atom stereocenters. The highest BCUT2D eigenvalue weighted by atomic mass is 16.5. The fourth-order valence-electron chi connectivity index (χ4n) is 4.60. The van der Waals surface area contributed by atoms with E-state index in [4.69, 9.17) is 4.74 Å². The van der Waals surface area contributed by atoms with Crippen molar-refractivity contribution in [2.75, 3.05) is 19.6 Å². The van der Waals surface area contributed by atoms with Gasteiger partial charge in [-0.3, -0.25) is 9.78 Å². The molecular formula is C23H27N3O2. The molecule has 0 radical (unpaired) electrons. The van der Waals surface area contributed by atoms with Crippen molar-refractivity contribution in [2.24, 2.45) is 5.92 Å². The van der Waals surface area contributed by atoms with Crippen LogP contribution in [0.15, 0.2) is 48.8 Å². The van der Waals surface area contributed by atoms with Gasteiger partial charge in [-0.25, -0.2) is 0 Å². The number of aromatic nitrogens is 1. The van der Waals surface area contributed by atoms with Crippen LogP contribution in [0.3, 0.4) is 0 Å². The second kappa shape index (κ2) is 7.21. The van der Waals surface area contributed by atoms with Gasteiger partial charge in [0.05, 0.1) is 11.6 Å². The lowest BCUT2D eigenvalue weighted by molar-refractivity contribution is -0.0254. The highest BCUT2D eigenvalue weighted by molar-refractivity contribution is 5.94. The quantitative estimate of drug-likeness (QED) is 0.885. The first-order valence-electron chi connectivity index (χ1n) is 10.4. The van der Waals surface area contributed by atoms with Gasteiger partial charge in [-0.15, -0.1) is 0 Å². The van der Waals surface area contributed by atoms with Crippen molar-refractivity contribution < 1.29 is 9.53 Å². The van der Waals surface area contributed by atoms with Crippen LogP contribution >= 0.6 is 0 Å². The van der Waals surface area contributed by atoms with E-state index in [0.29, 0.717) is 5.56 Å². The molecule has 0 unspecified atom stereocenters. The summed E-state index contributed by atoms with van der Waals surface area (Å²) in [5, 5.41) is 3.24. The van der Waals surface area contributed by atoms with E-state index in [0.717, 1.165) is 49.6 Å². The lowest BCUT2D eigenvalue weighted by atomic mass is 9.80. The van der Waals surface area contributed by atoms with E-state index in [2.05, 4.69) is 21.3 Å². The topological polar surface area (TPSA) is 54.5 Å². The normalized spacial score (nSPS) is 23.6. The summed E-state index contributed by atoms with van der Waals surface area (Å²) >= 11 is 0. The van der Waals surface area contributed by atoms with E-state index in [9.17, 15) is 4.79 Å². The van der Waals surface area contributed by atoms with Gasteiger partial charge in [0.25, 0.3) is 5.91 Å². The van der Waals surface area contributed by atoms with Gasteiger partial charge in [0, 0.05) is 44.0 Å². The van der Waals surface area contributed by atoms with E-state index in [1.165, 1.54) is 19.4 Å². The summed E-state index contributed by atoms with van der Waals surface area (Å²) < 4.78 is 6.56. The molecule has 5 heteroatoms. The second-order valence-corrected chi connectivity index (χ2v) is 8.54. The number of hydrogen-bond donors (Lipinski definition) is 1. The minimum Gasteiger partial charge on any atom is -0.487 e. The third-order valence-electron chi connectivity index (χ3n) is 6.41. The van der Waals surface area contributed by atoms with E-state index in [1.54, 1.807) is 24.5 Å². The van der Waals surface area contributed by atoms with E-state index >= 15 is 0 Å². The van der Waals surface area contributed by atoms with Crippen molar-refractivity contribution in [3.05, 3.63) is 59.9 Å². The van der Waals surface area contributed by atoms with Crippen LogP contribution < -0.4 is 10.1 Å². The zero-order valence-corrected chi connectivity index (χ0v) is 16.1. The highest BCUT2D eigenvalue weighted by Crippen LogP contribution is 2.44. The minimum atomic E-state index is -0.179. The van der Waals surface area contributed by atoms with Crippen LogP contribution in [0.2, 0.25) is 0 Å². The Morgan fingerprint density at radius 3 is 2.75 bits per heavy atom. The molecule has 28 heavy (non-hydrogen) atoms. The van der Waals surface area contributed by atoms with Gasteiger partial charge in [0.2, 0.25) is 0 Å². The maximum Gasteiger partial charge on any atom is 0.253 e. The molecule has 5 rings (SSSR count). The number of nitrogens with one attached hydrogen (secondary N) is 1. The first-order chi connectivity index (χ1) is 13.7. The molecule has 5 nitrogen and oxygen atoms in total. The summed E-state index contributed by atoms with van der Waals surface area (Å²) in [6.45, 7) is 3.41. The molecule has 1 amide bonds. The van der Waals surface area contributed by atoms with Crippen molar-refractivity contribution in [1.29, 1.82) is 0 Å². The van der Waals surface area contributed by atoms with Gasteiger partial charge in [-0.2, -0.15) is 0 Å². The average Bonchev–Trinajstić information content (AvgIpc) is 3.55. The standard InChI is InChI=1S/C23H27N3O2/c27-22(18-4-3-11-24-15-18)25-20-14-23(28-21-6-2-1-5-19(20)21)9-12-26(13-10-23)16-17-7-8-17/h1-6,11,15,17,20H,7-10,12-14,16H2,(H,25,27)/t20-/m1/s1. The van der Waals surface area contributed by atoms with Crippen LogP contribution in [0.5, 0.6) is 5.75 Å². The Morgan fingerprint density at radius 1 is 1.18 bits per heavy atom. The van der Waals surface area contributed by atoms with Crippen LogP contribution in [-0.4, -0.2) is 41.0 Å². The Hall–Kier alpha value is -2.40. The Labute approximate surface area is 166 Å². The van der Waals surface area contributed by atoms with E-state index in [1.807, 2.05) is 18.2 Å². The number of rotatable bonds is 4. The molecule has 1 N–H and O–H groups in total. The Morgan fingerprint density at radius 2 is 2.00 bits per heavy atom. The molecule has 3 heterocycles. The number of hydrogen-bond acceptors (Lipinski definition) is 4. The first kappa shape index (κ1) is 17.7. The van der Waals surface area contributed by atoms with Crippen molar-refractivity contribution in [3.8, 4) is 5.75 Å². The van der Waals surface area contributed by atoms with Gasteiger partial charge in [0.15, 0.2) is 0 Å². The average molecular weight is 377 g/mol. The number of nitrogens with zero attached hydrogens (tertiary/aromatic N) is 2. The van der Waals surface area contributed by atoms with Crippen LogP contribution in [0.25, 0.3) is 0 Å². The zero-order chi connectivity index (χ0) is 19.0. The Balaban J connectivity index is 1.34. The van der Waals surface area contributed by atoms with Crippen LogP contribution in [0, 0.1) is 5.92 Å². The molecule has 1 saturated carbocycles. The van der Waals surface area contributed by atoms with Gasteiger partial charge in [-0.05, 0) is 49.8 Å². The predicted molar refractivity (Wildman–Crippen MR) is 107 cm³/mol. The molecule has 0 bridgehead atoms. The molecule has 2 aliphatic heterocycles. The fraction of sp³-hybridized carbons (Fsp3) is 0.478. The van der Waals surface area contributed by atoms with E-state index in [-0.39, 0.29) is 17.6 Å². The number of pyridine rings is 1. The summed E-state index contributed by atoms with van der Waals surface area (Å²) in [4.78, 5) is 19.4. The smallest absolute Gasteiger partial charge is 0.253 e. The third kappa shape index (κ3) is 3.63. The molecule has 2 aromatic rings. The SMILES string of the molecule is O=C(N[C@@H]1CC2(CCN(CC3CC3)CC2)Oc2ccccc21)c1cccnc1. The molecule has 146 valence electrons. The van der Waals surface area contributed by atoms with Gasteiger partial charge < -0.3 is 15.0 Å². The van der Waals surface area contributed by atoms with Crippen molar-refractivity contribution in [3.63, 3.8) is 0 Å². The molecule has 2 fully saturated rings. The Kier molecular flexibility index (Phi) is 4.55. The molecule has 3 aliphatic rings. The number of amides is 1. The molecule has 1 spiro atoms. The summed E-state index contributed by atoms with van der Waals surface area (Å²) in [5.41, 5.74) is 1.49. The molecule has 1 aliphatic carbocycles. The minimum absolute atomic E-state index is 0.0346. The monoisotopic (exact) mass is 377 g/mol. The number of fused-ring (bicyclic) bond motifs is 1. The third-order valence-corrected chi connectivity index (χ3v) is 6.41. The van der Waals surface area contributed by atoms with Gasteiger partial charge in [0.1, 0.15) is 11.4 Å². The van der Waals surface area contributed by atoms with Crippen molar-refractivity contribution in [2.45, 2.75) is 43.7 Å². The van der Waals surface area contributed by atoms with Crippen LogP contribution in [-0.2, 0) is 0 Å². The Bertz CT molecular complexity index is 842. The van der Waals surface area contributed by atoms with Crippen LogP contribution in [0.1, 0.15) is 54.1 Å². The summed E-state index contributed by atoms with van der Waals surface area (Å²) in [7, 11) is 0. The molecule has 1 aromatic heterocycles. The number of piperidine rings is 1. The lowest BCUT2D eigenvalue weighted by Crippen LogP contribution is -2.52. The lowest BCUT2D eigenvalue weighted by Gasteiger charge is -2.47. The number of likely N-dealkylation sites (tertiary alicyclic amines) is 1. The van der Waals surface area contributed by atoms with Crippen molar-refractivity contribution in [1.82, 2.24) is 15.2 Å². The first-order valence-corrected chi connectivity index (χ1v) is 10.4. The number of carbonyl (C=O) groups excluding carboxylic acids is 1. The van der Waals surface area contributed by atoms with Gasteiger partial charge >= 0.3 is 0 Å². The van der Waals surface area contributed by atoms with E-state index < -0.39 is 0 Å². The maximum atomic E-state index is 12.8. The van der Waals surface area contributed by atoms with Crippen molar-refractivity contribution >= 4 is 5.91 Å². The van der Waals surface area contributed by atoms with Gasteiger partial charge in [-0.1, -0.05) is 18.2 Å². The molecular weight excluding hydrogens is 350 g/mol. The molecule has 1 aromatic carbocycles. The number of carbonyl (C=O) groups is 1. The maximum absolute atomic E-state index is 12.8. The number of benzene rings is 1. The molecule has 1 saturated heterocycles. The number of para-hydroxylation sites is 1. The summed E-state index contributed by atoms with van der Waals surface area (Å²) in [6, 6.07) is 11.7. The highest BCUT2D eigenvalue weighted by Gasteiger charge is 2.44. The summed E-state index contributed by atoms with van der Waals surface area (Å²) in [5.74, 6) is 1.77. The number of ether oxygens (including phenoxy) is 1. The second-order valence-electron chi connectivity index (χ2n) is 8.54. The zero-order valence-electron chi connectivity index (χ0n) is 16.1. The summed E-state index contributed by atoms with van der Waals surface area (Å²) in [6.07, 6.45) is 8.97. The largest absolute Gasteiger partial charge is 0.487 e.